The Hall–Kier alpha value is -1.09. The molecule has 0 spiro atoms. The van der Waals surface area contributed by atoms with Gasteiger partial charge in [-0.2, -0.15) is 0 Å². The van der Waals surface area contributed by atoms with Crippen molar-refractivity contribution >= 4 is 5.97 Å². The number of carboxylic acids is 1. The van der Waals surface area contributed by atoms with Crippen LogP contribution in [0.5, 0.6) is 0 Å². The molecule has 4 aliphatic rings. The summed E-state index contributed by atoms with van der Waals surface area (Å²) in [4.78, 5) is 10.9. The molecule has 3 heteroatoms. The lowest BCUT2D eigenvalue weighted by Gasteiger charge is -2.61. The first-order valence-electron chi connectivity index (χ1n) is 11.1. The average Bonchev–Trinajstić information content (AvgIpc) is 2.97. The van der Waals surface area contributed by atoms with Crippen LogP contribution in [0.25, 0.3) is 0 Å². The van der Waals surface area contributed by atoms with Gasteiger partial charge in [0.05, 0.1) is 6.10 Å². The first kappa shape index (κ1) is 19.2. The Kier molecular flexibility index (Phi) is 4.81. The molecule has 0 bridgehead atoms. The van der Waals surface area contributed by atoms with Crippen molar-refractivity contribution in [2.45, 2.75) is 78.2 Å². The summed E-state index contributed by atoms with van der Waals surface area (Å²) in [5, 5.41) is 19.2. The second kappa shape index (κ2) is 6.76. The fraction of sp³-hybridized carbons (Fsp3) is 0.792. The summed E-state index contributed by atoms with van der Waals surface area (Å²) < 4.78 is 0. The Morgan fingerprint density at radius 2 is 1.96 bits per heavy atom. The summed E-state index contributed by atoms with van der Waals surface area (Å²) in [6, 6.07) is 0. The molecule has 0 aromatic carbocycles. The van der Waals surface area contributed by atoms with Crippen molar-refractivity contribution < 1.29 is 15.0 Å². The molecule has 0 aromatic rings. The summed E-state index contributed by atoms with van der Waals surface area (Å²) in [6.45, 7) is 7.15. The van der Waals surface area contributed by atoms with Gasteiger partial charge in [0.1, 0.15) is 0 Å². The van der Waals surface area contributed by atoms with Crippen molar-refractivity contribution in [2.75, 3.05) is 0 Å². The summed E-state index contributed by atoms with van der Waals surface area (Å²) in [7, 11) is 0. The third kappa shape index (κ3) is 3.01. The van der Waals surface area contributed by atoms with Gasteiger partial charge in [0.25, 0.3) is 0 Å². The predicted molar refractivity (Wildman–Crippen MR) is 107 cm³/mol. The Balaban J connectivity index is 1.55. The molecule has 4 rings (SSSR count). The highest BCUT2D eigenvalue weighted by atomic mass is 16.4. The number of carbonyl (C=O) groups is 1. The standard InChI is InChI=1S/C24H36O3/c1-15(4-9-22(26)27)19-7-8-20-18-6-5-16-14-17(25)10-12-23(16,2)21(18)11-13-24(19,20)3/h4,7,9,15-18,20-21,25H,5-6,8,10-14H2,1-3H3,(H,26,27)/b9-4+/t15-,16-,17+,18+,20+,21+,23+,24-/m1/s1. The van der Waals surface area contributed by atoms with Crippen LogP contribution >= 0.6 is 0 Å². The van der Waals surface area contributed by atoms with Crippen molar-refractivity contribution in [1.82, 2.24) is 0 Å². The molecule has 0 amide bonds. The van der Waals surface area contributed by atoms with E-state index in [2.05, 4.69) is 26.8 Å². The highest BCUT2D eigenvalue weighted by Crippen LogP contribution is 2.66. The van der Waals surface area contributed by atoms with Gasteiger partial charge in [-0.25, -0.2) is 4.79 Å². The maximum atomic E-state index is 10.9. The minimum atomic E-state index is -0.850. The molecule has 2 N–H and O–H groups in total. The van der Waals surface area contributed by atoms with E-state index in [1.807, 2.05) is 6.08 Å². The lowest BCUT2D eigenvalue weighted by Crippen LogP contribution is -2.53. The molecule has 0 unspecified atom stereocenters. The predicted octanol–water partition coefficient (Wildman–Crippen LogP) is 5.20. The Morgan fingerprint density at radius 1 is 1.19 bits per heavy atom. The zero-order valence-electron chi connectivity index (χ0n) is 17.2. The molecule has 8 atom stereocenters. The molecule has 0 aromatic heterocycles. The van der Waals surface area contributed by atoms with Gasteiger partial charge in [0.2, 0.25) is 0 Å². The molecular weight excluding hydrogens is 336 g/mol. The van der Waals surface area contributed by atoms with E-state index < -0.39 is 5.97 Å². The van der Waals surface area contributed by atoms with Crippen LogP contribution in [-0.2, 0) is 4.79 Å². The monoisotopic (exact) mass is 372 g/mol. The van der Waals surface area contributed by atoms with Crippen LogP contribution in [0, 0.1) is 40.4 Å². The van der Waals surface area contributed by atoms with Gasteiger partial charge in [0.15, 0.2) is 0 Å². The van der Waals surface area contributed by atoms with Gasteiger partial charge in [0, 0.05) is 6.08 Å². The number of rotatable bonds is 3. The van der Waals surface area contributed by atoms with Crippen molar-refractivity contribution in [1.29, 1.82) is 0 Å². The van der Waals surface area contributed by atoms with Crippen LogP contribution in [0.15, 0.2) is 23.8 Å². The lowest BCUT2D eigenvalue weighted by molar-refractivity contribution is -0.131. The summed E-state index contributed by atoms with van der Waals surface area (Å²) in [5.41, 5.74) is 2.14. The van der Waals surface area contributed by atoms with E-state index in [0.717, 1.165) is 30.6 Å². The van der Waals surface area contributed by atoms with Crippen molar-refractivity contribution in [3.05, 3.63) is 23.8 Å². The van der Waals surface area contributed by atoms with Crippen molar-refractivity contribution in [3.8, 4) is 0 Å². The van der Waals surface area contributed by atoms with Crippen molar-refractivity contribution in [2.24, 2.45) is 40.4 Å². The molecule has 3 saturated carbocycles. The molecule has 0 saturated heterocycles. The lowest BCUT2D eigenvalue weighted by atomic mass is 9.44. The summed E-state index contributed by atoms with van der Waals surface area (Å²) in [6.07, 6.45) is 15.1. The maximum Gasteiger partial charge on any atom is 0.327 e. The van der Waals surface area contributed by atoms with Gasteiger partial charge in [-0.3, -0.25) is 0 Å². The molecule has 4 aliphatic carbocycles. The smallest absolute Gasteiger partial charge is 0.327 e. The van der Waals surface area contributed by atoms with Gasteiger partial charge in [-0.1, -0.05) is 38.5 Å². The third-order valence-electron chi connectivity index (χ3n) is 9.30. The molecule has 3 nitrogen and oxygen atoms in total. The van der Waals surface area contributed by atoms with Crippen LogP contribution in [0.1, 0.15) is 72.1 Å². The van der Waals surface area contributed by atoms with Gasteiger partial charge in [-0.05, 0) is 91.8 Å². The molecule has 0 radical (unpaired) electrons. The number of allylic oxidation sites excluding steroid dienone is 3. The molecule has 0 aliphatic heterocycles. The number of aliphatic carboxylic acids is 1. The number of hydrogen-bond donors (Lipinski definition) is 2. The van der Waals surface area contributed by atoms with Crippen LogP contribution in [0.4, 0.5) is 0 Å². The van der Waals surface area contributed by atoms with E-state index >= 15 is 0 Å². The fourth-order valence-corrected chi connectivity index (χ4v) is 7.87. The third-order valence-corrected chi connectivity index (χ3v) is 9.30. The summed E-state index contributed by atoms with van der Waals surface area (Å²) >= 11 is 0. The van der Waals surface area contributed by atoms with E-state index in [1.165, 1.54) is 50.2 Å². The Bertz CT molecular complexity index is 665. The van der Waals surface area contributed by atoms with Gasteiger partial charge < -0.3 is 10.2 Å². The van der Waals surface area contributed by atoms with Gasteiger partial charge >= 0.3 is 5.97 Å². The minimum Gasteiger partial charge on any atom is -0.478 e. The number of hydrogen-bond acceptors (Lipinski definition) is 2. The largest absolute Gasteiger partial charge is 0.478 e. The van der Waals surface area contributed by atoms with Crippen molar-refractivity contribution in [3.63, 3.8) is 0 Å². The molecule has 150 valence electrons. The number of fused-ring (bicyclic) bond motifs is 5. The number of aliphatic hydroxyl groups is 1. The zero-order chi connectivity index (χ0) is 19.4. The SMILES string of the molecule is C[C@H](/C=C/C(=O)O)C1=CC[C@H]2[C@@H]3CC[C@@H]4C[C@@H](O)CC[C@]4(C)[C@H]3CC[C@]12C. The van der Waals surface area contributed by atoms with E-state index in [9.17, 15) is 9.90 Å². The maximum absolute atomic E-state index is 10.9. The molecule has 27 heavy (non-hydrogen) atoms. The van der Waals surface area contributed by atoms with E-state index in [-0.39, 0.29) is 17.4 Å². The zero-order valence-corrected chi connectivity index (χ0v) is 17.2. The first-order chi connectivity index (χ1) is 12.8. The van der Waals surface area contributed by atoms with Crippen LogP contribution < -0.4 is 0 Å². The van der Waals surface area contributed by atoms with Crippen LogP contribution in [0.2, 0.25) is 0 Å². The average molecular weight is 373 g/mol. The normalized spacial score (nSPS) is 47.7. The van der Waals surface area contributed by atoms with Crippen LogP contribution in [0.3, 0.4) is 0 Å². The first-order valence-corrected chi connectivity index (χ1v) is 11.1. The van der Waals surface area contributed by atoms with E-state index in [0.29, 0.717) is 11.3 Å². The quantitative estimate of drug-likeness (QED) is 0.528. The highest BCUT2D eigenvalue weighted by Gasteiger charge is 2.58. The van der Waals surface area contributed by atoms with E-state index in [4.69, 9.17) is 5.11 Å². The second-order valence-corrected chi connectivity index (χ2v) is 10.4. The number of aliphatic hydroxyl groups excluding tert-OH is 1. The topological polar surface area (TPSA) is 57.5 Å². The highest BCUT2D eigenvalue weighted by molar-refractivity contribution is 5.79. The Morgan fingerprint density at radius 3 is 2.70 bits per heavy atom. The van der Waals surface area contributed by atoms with Gasteiger partial charge in [-0.15, -0.1) is 0 Å². The molecule has 0 heterocycles. The molecule has 3 fully saturated rings. The molecular formula is C24H36O3. The Labute approximate surface area is 163 Å². The number of carboxylic acid groups (broad SMARTS) is 1. The minimum absolute atomic E-state index is 0.0740. The van der Waals surface area contributed by atoms with Crippen LogP contribution in [-0.4, -0.2) is 22.3 Å². The second-order valence-electron chi connectivity index (χ2n) is 10.4. The summed E-state index contributed by atoms with van der Waals surface area (Å²) in [5.74, 6) is 2.39. The fourth-order valence-electron chi connectivity index (χ4n) is 7.87. The van der Waals surface area contributed by atoms with E-state index in [1.54, 1.807) is 0 Å².